The highest BCUT2D eigenvalue weighted by Crippen LogP contribution is 2.30. The van der Waals surface area contributed by atoms with Crippen molar-refractivity contribution in [3.63, 3.8) is 0 Å². The van der Waals surface area contributed by atoms with E-state index in [4.69, 9.17) is 14.3 Å². The molecule has 1 aliphatic heterocycles. The molecule has 1 amide bonds. The van der Waals surface area contributed by atoms with Crippen LogP contribution in [0.2, 0.25) is 0 Å². The molecule has 2 N–H and O–H groups in total. The fourth-order valence-corrected chi connectivity index (χ4v) is 4.26. The van der Waals surface area contributed by atoms with Crippen LogP contribution in [0.1, 0.15) is 70.7 Å². The quantitative estimate of drug-likeness (QED) is 0.507. The van der Waals surface area contributed by atoms with Crippen molar-refractivity contribution in [2.75, 3.05) is 7.11 Å². The second kappa shape index (κ2) is 12.3. The van der Waals surface area contributed by atoms with Crippen molar-refractivity contribution >= 4 is 5.91 Å². The van der Waals surface area contributed by atoms with Gasteiger partial charge in [0, 0.05) is 18.2 Å². The molecule has 4 atom stereocenters. The van der Waals surface area contributed by atoms with E-state index in [1.807, 2.05) is 52.0 Å². The lowest BCUT2D eigenvalue weighted by Gasteiger charge is -2.29. The number of nitrogens with one attached hydrogen (secondary N) is 2. The van der Waals surface area contributed by atoms with Gasteiger partial charge in [0.15, 0.2) is 0 Å². The summed E-state index contributed by atoms with van der Waals surface area (Å²) in [5, 5.41) is 2.97. The Hall–Kier alpha value is -2.95. The Bertz CT molecular complexity index is 1160. The minimum absolute atomic E-state index is 0.0153. The van der Waals surface area contributed by atoms with E-state index >= 15 is 0 Å². The molecule has 1 aliphatic rings. The molecule has 0 spiro atoms. The van der Waals surface area contributed by atoms with Crippen molar-refractivity contribution in [1.29, 1.82) is 0 Å². The largest absolute Gasteiger partial charge is 0.496 e. The van der Waals surface area contributed by atoms with E-state index in [9.17, 15) is 14.4 Å². The van der Waals surface area contributed by atoms with Crippen LogP contribution in [-0.2, 0) is 27.5 Å². The Morgan fingerprint density at radius 2 is 1.92 bits per heavy atom. The van der Waals surface area contributed by atoms with Crippen LogP contribution < -0.4 is 26.8 Å². The smallest absolute Gasteiger partial charge is 0.331 e. The molecule has 3 unspecified atom stereocenters. The number of methoxy groups -OCH3 is 1. The lowest BCUT2D eigenvalue weighted by molar-refractivity contribution is -0.123. The number of hydroxylamine groups is 1. The fourth-order valence-electron chi connectivity index (χ4n) is 4.26. The van der Waals surface area contributed by atoms with Crippen molar-refractivity contribution in [2.24, 2.45) is 0 Å². The molecule has 2 bridgehead atoms. The standard InChI is InChI=1S/C26H38N4O6/c1-7-10-24(31)27-21-14-30-25(32)20(17(4)28-36-16(2)3)13-29(26(30)33)15-23(35-18(21)5)19-11-8-9-12-22(19)34-6/h8-9,11-13,16-18,21,23,28H,7,10,14-15H2,1-6H3,(H,27,31)/t17?,18?,21-,23?/m1/s1. The molecule has 0 saturated heterocycles. The summed E-state index contributed by atoms with van der Waals surface area (Å²) in [6.07, 6.45) is 1.43. The summed E-state index contributed by atoms with van der Waals surface area (Å²) in [7, 11) is 1.58. The van der Waals surface area contributed by atoms with Crippen molar-refractivity contribution in [3.05, 3.63) is 62.4 Å². The number of amides is 1. The highest BCUT2D eigenvalue weighted by molar-refractivity contribution is 5.76. The van der Waals surface area contributed by atoms with Crippen LogP contribution in [-0.4, -0.2) is 40.4 Å². The Morgan fingerprint density at radius 3 is 2.58 bits per heavy atom. The van der Waals surface area contributed by atoms with Gasteiger partial charge in [-0.3, -0.25) is 23.6 Å². The van der Waals surface area contributed by atoms with Gasteiger partial charge in [0.1, 0.15) is 11.9 Å². The number of benzene rings is 1. The van der Waals surface area contributed by atoms with Crippen LogP contribution in [0.25, 0.3) is 0 Å². The number of rotatable bonds is 9. The first kappa shape index (κ1) is 27.6. The Labute approximate surface area is 211 Å². The van der Waals surface area contributed by atoms with Gasteiger partial charge in [0.25, 0.3) is 5.56 Å². The maximum atomic E-state index is 13.5. The summed E-state index contributed by atoms with van der Waals surface area (Å²) in [4.78, 5) is 45.0. The van der Waals surface area contributed by atoms with E-state index in [0.717, 1.165) is 5.56 Å². The zero-order chi connectivity index (χ0) is 26.4. The first-order valence-electron chi connectivity index (χ1n) is 12.5. The van der Waals surface area contributed by atoms with E-state index in [1.54, 1.807) is 20.2 Å². The van der Waals surface area contributed by atoms with E-state index in [-0.39, 0.29) is 25.1 Å². The number of carbonyl (C=O) groups excluding carboxylic acids is 1. The summed E-state index contributed by atoms with van der Waals surface area (Å²) in [5.41, 5.74) is 3.15. The lowest BCUT2D eigenvalue weighted by atomic mass is 10.1. The molecule has 0 fully saturated rings. The van der Waals surface area contributed by atoms with Gasteiger partial charge in [0.05, 0.1) is 50.1 Å². The molecule has 3 rings (SSSR count). The number of carbonyl (C=O) groups is 1. The second-order valence-electron chi connectivity index (χ2n) is 9.44. The van der Waals surface area contributed by atoms with Crippen LogP contribution >= 0.6 is 0 Å². The van der Waals surface area contributed by atoms with Crippen LogP contribution in [0, 0.1) is 0 Å². The van der Waals surface area contributed by atoms with Gasteiger partial charge in [-0.1, -0.05) is 25.1 Å². The highest BCUT2D eigenvalue weighted by Gasteiger charge is 2.31. The number of hydrogen-bond acceptors (Lipinski definition) is 7. The monoisotopic (exact) mass is 502 g/mol. The van der Waals surface area contributed by atoms with Crippen molar-refractivity contribution in [1.82, 2.24) is 19.9 Å². The van der Waals surface area contributed by atoms with Gasteiger partial charge in [-0.25, -0.2) is 4.79 Å². The molecular weight excluding hydrogens is 464 g/mol. The Kier molecular flexibility index (Phi) is 9.47. The maximum Gasteiger partial charge on any atom is 0.331 e. The van der Waals surface area contributed by atoms with E-state index in [2.05, 4.69) is 10.8 Å². The third-order valence-electron chi connectivity index (χ3n) is 6.21. The van der Waals surface area contributed by atoms with Gasteiger partial charge in [-0.15, -0.1) is 0 Å². The fraction of sp³-hybridized carbons (Fsp3) is 0.577. The summed E-state index contributed by atoms with van der Waals surface area (Å²) in [6, 6.07) is 6.39. The van der Waals surface area contributed by atoms with Gasteiger partial charge >= 0.3 is 5.69 Å². The maximum absolute atomic E-state index is 13.5. The molecule has 1 aromatic heterocycles. The highest BCUT2D eigenvalue weighted by atomic mass is 16.7. The van der Waals surface area contributed by atoms with Gasteiger partial charge < -0.3 is 14.8 Å². The molecule has 2 heterocycles. The molecule has 10 nitrogen and oxygen atoms in total. The first-order valence-corrected chi connectivity index (χ1v) is 12.5. The lowest BCUT2D eigenvalue weighted by Crippen LogP contribution is -2.51. The molecule has 36 heavy (non-hydrogen) atoms. The normalized spacial score (nSPS) is 20.8. The Balaban J connectivity index is 2.14. The topological polar surface area (TPSA) is 113 Å². The second-order valence-corrected chi connectivity index (χ2v) is 9.44. The van der Waals surface area contributed by atoms with Crippen LogP contribution in [0.5, 0.6) is 5.75 Å². The molecule has 2 aromatic rings. The third-order valence-corrected chi connectivity index (χ3v) is 6.21. The zero-order valence-corrected chi connectivity index (χ0v) is 21.9. The van der Waals surface area contributed by atoms with Gasteiger partial charge in [-0.05, 0) is 40.2 Å². The molecule has 10 heteroatoms. The van der Waals surface area contributed by atoms with Crippen molar-refractivity contribution in [2.45, 2.75) is 90.9 Å². The average molecular weight is 503 g/mol. The number of para-hydroxylation sites is 1. The van der Waals surface area contributed by atoms with Crippen LogP contribution in [0.15, 0.2) is 40.1 Å². The van der Waals surface area contributed by atoms with E-state index < -0.39 is 35.5 Å². The zero-order valence-electron chi connectivity index (χ0n) is 21.9. The van der Waals surface area contributed by atoms with E-state index in [0.29, 0.717) is 24.2 Å². The summed E-state index contributed by atoms with van der Waals surface area (Å²) < 4.78 is 14.7. The Morgan fingerprint density at radius 1 is 1.19 bits per heavy atom. The number of fused-ring (bicyclic) bond motifs is 2. The molecule has 0 saturated carbocycles. The summed E-state index contributed by atoms with van der Waals surface area (Å²) in [6.45, 7) is 9.46. The van der Waals surface area contributed by atoms with Crippen LogP contribution in [0.4, 0.5) is 0 Å². The predicted octanol–water partition coefficient (Wildman–Crippen LogP) is 2.45. The number of nitrogens with zero attached hydrogens (tertiary/aromatic N) is 2. The van der Waals surface area contributed by atoms with E-state index in [1.165, 1.54) is 9.13 Å². The van der Waals surface area contributed by atoms with Crippen molar-refractivity contribution in [3.8, 4) is 5.75 Å². The average Bonchev–Trinajstić information content (AvgIpc) is 2.87. The third kappa shape index (κ3) is 6.43. The van der Waals surface area contributed by atoms with Crippen LogP contribution in [0.3, 0.4) is 0 Å². The van der Waals surface area contributed by atoms with Gasteiger partial charge in [-0.2, -0.15) is 5.48 Å². The molecule has 198 valence electrons. The molecule has 0 radical (unpaired) electrons. The van der Waals surface area contributed by atoms with Gasteiger partial charge in [0.2, 0.25) is 5.91 Å². The predicted molar refractivity (Wildman–Crippen MR) is 136 cm³/mol. The number of hydrogen-bond donors (Lipinski definition) is 2. The SMILES string of the molecule is CCCC(=O)N[C@@H]1Cn2c(=O)c(C(C)NOC(C)C)cn(c2=O)CC(c2ccccc2OC)OC1C. The molecule has 1 aromatic carbocycles. The minimum Gasteiger partial charge on any atom is -0.496 e. The first-order chi connectivity index (χ1) is 17.2. The minimum atomic E-state index is -0.594. The van der Waals surface area contributed by atoms with Crippen molar-refractivity contribution < 1.29 is 19.1 Å². The number of ether oxygens (including phenoxy) is 2. The number of aromatic nitrogens is 2. The summed E-state index contributed by atoms with van der Waals surface area (Å²) >= 11 is 0. The molecule has 0 aliphatic carbocycles. The summed E-state index contributed by atoms with van der Waals surface area (Å²) in [5.74, 6) is 0.471. The molecular formula is C26H38N4O6.